The number of hydrogen-bond acceptors (Lipinski definition) is 4. The van der Waals surface area contributed by atoms with E-state index in [9.17, 15) is 9.59 Å². The summed E-state index contributed by atoms with van der Waals surface area (Å²) in [6, 6.07) is 19.7. The molecule has 1 aliphatic carbocycles. The number of carbonyl (C=O) groups excluding carboxylic acids is 2. The predicted molar refractivity (Wildman–Crippen MR) is 141 cm³/mol. The monoisotopic (exact) mass is 475 g/mol. The van der Waals surface area contributed by atoms with Crippen molar-refractivity contribution in [2.24, 2.45) is 5.92 Å². The molecule has 0 unspecified atom stereocenters. The molecule has 1 atom stereocenters. The highest BCUT2D eigenvalue weighted by atomic mass is 32.1. The van der Waals surface area contributed by atoms with Crippen molar-refractivity contribution in [3.8, 4) is 0 Å². The van der Waals surface area contributed by atoms with Gasteiger partial charge in [-0.25, -0.2) is 0 Å². The Balaban J connectivity index is 1.60. The van der Waals surface area contributed by atoms with Crippen molar-refractivity contribution in [3.63, 3.8) is 0 Å². The van der Waals surface area contributed by atoms with Gasteiger partial charge in [0.05, 0.1) is 10.8 Å². The highest BCUT2D eigenvalue weighted by Gasteiger charge is 2.31. The Morgan fingerprint density at radius 3 is 2.44 bits per heavy atom. The summed E-state index contributed by atoms with van der Waals surface area (Å²) in [6.45, 7) is 3.38. The fourth-order valence-electron chi connectivity index (χ4n) is 4.34. The summed E-state index contributed by atoms with van der Waals surface area (Å²) < 4.78 is 0. The normalized spacial score (nSPS) is 13.9. The van der Waals surface area contributed by atoms with Crippen molar-refractivity contribution in [2.45, 2.75) is 38.6 Å². The molecule has 1 saturated carbocycles. The van der Waals surface area contributed by atoms with Crippen molar-refractivity contribution in [3.05, 3.63) is 82.0 Å². The maximum atomic E-state index is 13.8. The van der Waals surface area contributed by atoms with Crippen LogP contribution in [0.3, 0.4) is 0 Å². The maximum Gasteiger partial charge on any atom is 0.265 e. The lowest BCUT2D eigenvalue weighted by Gasteiger charge is -2.29. The van der Waals surface area contributed by atoms with Gasteiger partial charge in [-0.1, -0.05) is 43.3 Å². The number of nitrogens with zero attached hydrogens (tertiary/aromatic N) is 2. The van der Waals surface area contributed by atoms with Crippen LogP contribution in [-0.2, 0) is 11.3 Å². The number of hydrogen-bond donors (Lipinski definition) is 1. The van der Waals surface area contributed by atoms with Crippen LogP contribution in [0, 0.1) is 5.92 Å². The van der Waals surface area contributed by atoms with E-state index >= 15 is 0 Å². The van der Waals surface area contributed by atoms with Gasteiger partial charge in [-0.05, 0) is 66.0 Å². The molecule has 1 aromatic heterocycles. The fourth-order valence-corrected chi connectivity index (χ4v) is 4.95. The van der Waals surface area contributed by atoms with E-state index < -0.39 is 0 Å². The van der Waals surface area contributed by atoms with Crippen molar-refractivity contribution in [1.29, 1.82) is 0 Å². The summed E-state index contributed by atoms with van der Waals surface area (Å²) >= 11 is 1.42. The van der Waals surface area contributed by atoms with Crippen molar-refractivity contribution in [1.82, 2.24) is 4.90 Å². The van der Waals surface area contributed by atoms with E-state index in [-0.39, 0.29) is 17.7 Å². The molecular formula is C28H33N3O2S. The molecule has 2 aromatic carbocycles. The van der Waals surface area contributed by atoms with Gasteiger partial charge in [0.1, 0.15) is 0 Å². The van der Waals surface area contributed by atoms with Gasteiger partial charge in [0.2, 0.25) is 5.91 Å². The first-order chi connectivity index (χ1) is 16.5. The minimum atomic E-state index is -0.149. The number of anilines is 2. The Morgan fingerprint density at radius 2 is 1.82 bits per heavy atom. The van der Waals surface area contributed by atoms with Crippen LogP contribution >= 0.6 is 11.3 Å². The molecule has 0 spiro atoms. The van der Waals surface area contributed by atoms with Crippen LogP contribution < -0.4 is 10.2 Å². The summed E-state index contributed by atoms with van der Waals surface area (Å²) in [5.74, 6) is 0.504. The maximum absolute atomic E-state index is 13.8. The number of rotatable bonds is 10. The van der Waals surface area contributed by atoms with Crippen molar-refractivity contribution in [2.75, 3.05) is 30.9 Å². The summed E-state index contributed by atoms with van der Waals surface area (Å²) in [4.78, 5) is 31.2. The second kappa shape index (κ2) is 10.9. The van der Waals surface area contributed by atoms with Crippen LogP contribution in [0.4, 0.5) is 11.4 Å². The molecular weight excluding hydrogens is 442 g/mol. The topological polar surface area (TPSA) is 52.7 Å². The van der Waals surface area contributed by atoms with E-state index in [1.54, 1.807) is 0 Å². The Bertz CT molecular complexity index is 1110. The van der Waals surface area contributed by atoms with Crippen LogP contribution in [0.2, 0.25) is 0 Å². The zero-order valence-corrected chi connectivity index (χ0v) is 21.0. The average molecular weight is 476 g/mol. The van der Waals surface area contributed by atoms with E-state index in [1.165, 1.54) is 24.2 Å². The third kappa shape index (κ3) is 5.86. The van der Waals surface area contributed by atoms with Crippen LogP contribution in [0.15, 0.2) is 66.0 Å². The van der Waals surface area contributed by atoms with Gasteiger partial charge in [-0.3, -0.25) is 9.59 Å². The number of nitrogens with one attached hydrogen (secondary N) is 1. The van der Waals surface area contributed by atoms with Gasteiger partial charge in [0.15, 0.2) is 0 Å². The number of thiophene rings is 1. The Kier molecular flexibility index (Phi) is 7.68. The highest BCUT2D eigenvalue weighted by molar-refractivity contribution is 7.12. The highest BCUT2D eigenvalue weighted by Crippen LogP contribution is 2.34. The van der Waals surface area contributed by atoms with E-state index in [1.807, 2.05) is 85.0 Å². The molecule has 6 heteroatoms. The minimum Gasteiger partial charge on any atom is -0.377 e. The number of benzene rings is 2. The largest absolute Gasteiger partial charge is 0.377 e. The molecule has 1 heterocycles. The molecule has 2 amide bonds. The van der Waals surface area contributed by atoms with Crippen LogP contribution in [0.1, 0.15) is 52.9 Å². The fraction of sp³-hybridized carbons (Fsp3) is 0.357. The lowest BCUT2D eigenvalue weighted by molar-refractivity contribution is -0.133. The van der Waals surface area contributed by atoms with E-state index in [0.717, 1.165) is 35.5 Å². The zero-order chi connectivity index (χ0) is 24.1. The summed E-state index contributed by atoms with van der Waals surface area (Å²) in [7, 11) is 4.02. The molecule has 34 heavy (non-hydrogen) atoms. The minimum absolute atomic E-state index is 0.111. The van der Waals surface area contributed by atoms with Gasteiger partial charge >= 0.3 is 0 Å². The summed E-state index contributed by atoms with van der Waals surface area (Å²) in [5, 5.41) is 4.91. The lowest BCUT2D eigenvalue weighted by atomic mass is 9.94. The average Bonchev–Trinajstić information content (AvgIpc) is 3.47. The summed E-state index contributed by atoms with van der Waals surface area (Å²) in [5.41, 5.74) is 3.90. The Labute approximate surface area is 206 Å². The first kappa shape index (κ1) is 24.0. The predicted octanol–water partition coefficient (Wildman–Crippen LogP) is 6.00. The molecule has 178 valence electrons. The standard InChI is InChI=1S/C28H33N3O2S/c1-4-24(21-9-6-5-7-10-21)28(33)31(18-20-12-13-20)19-22-17-23(14-15-25(22)30(2)3)29-27(32)26-11-8-16-34-26/h5-11,14-17,20,24H,4,12-13,18-19H2,1-3H3,(H,29,32)/t24-/m1/s1. The van der Waals surface area contributed by atoms with Crippen LogP contribution in [0.5, 0.6) is 0 Å². The Morgan fingerprint density at radius 1 is 1.06 bits per heavy atom. The molecule has 0 aliphatic heterocycles. The molecule has 1 N–H and O–H groups in total. The molecule has 1 aliphatic rings. The molecule has 1 fully saturated rings. The summed E-state index contributed by atoms with van der Waals surface area (Å²) in [6.07, 6.45) is 3.13. The first-order valence-corrected chi connectivity index (χ1v) is 12.8. The van der Waals surface area contributed by atoms with E-state index in [0.29, 0.717) is 17.3 Å². The molecule has 0 radical (unpaired) electrons. The third-order valence-corrected chi connectivity index (χ3v) is 7.19. The zero-order valence-electron chi connectivity index (χ0n) is 20.2. The molecule has 4 rings (SSSR count). The molecule has 0 saturated heterocycles. The third-order valence-electron chi connectivity index (χ3n) is 6.32. The second-order valence-electron chi connectivity index (χ2n) is 9.20. The number of carbonyl (C=O) groups is 2. The first-order valence-electron chi connectivity index (χ1n) is 11.9. The quantitative estimate of drug-likeness (QED) is 0.391. The smallest absolute Gasteiger partial charge is 0.265 e. The van der Waals surface area contributed by atoms with Crippen LogP contribution in [0.25, 0.3) is 0 Å². The SMILES string of the molecule is CC[C@@H](C(=O)N(Cc1cc(NC(=O)c2cccs2)ccc1N(C)C)CC1CC1)c1ccccc1. The van der Waals surface area contributed by atoms with Gasteiger partial charge in [0, 0.05) is 38.6 Å². The van der Waals surface area contributed by atoms with Gasteiger partial charge in [-0.15, -0.1) is 11.3 Å². The molecule has 3 aromatic rings. The lowest BCUT2D eigenvalue weighted by Crippen LogP contribution is -2.36. The van der Waals surface area contributed by atoms with Crippen LogP contribution in [-0.4, -0.2) is 37.4 Å². The second-order valence-corrected chi connectivity index (χ2v) is 10.2. The van der Waals surface area contributed by atoms with Gasteiger partial charge in [0.25, 0.3) is 5.91 Å². The van der Waals surface area contributed by atoms with Gasteiger partial charge in [-0.2, -0.15) is 0 Å². The van der Waals surface area contributed by atoms with Crippen molar-refractivity contribution >= 4 is 34.5 Å². The Hall–Kier alpha value is -3.12. The molecule has 5 nitrogen and oxygen atoms in total. The number of amides is 2. The molecule has 0 bridgehead atoms. The van der Waals surface area contributed by atoms with E-state index in [2.05, 4.69) is 17.1 Å². The van der Waals surface area contributed by atoms with Gasteiger partial charge < -0.3 is 15.1 Å². The van der Waals surface area contributed by atoms with Crippen molar-refractivity contribution < 1.29 is 9.59 Å². The van der Waals surface area contributed by atoms with E-state index in [4.69, 9.17) is 0 Å².